The maximum absolute atomic E-state index is 12.4. The third-order valence-corrected chi connectivity index (χ3v) is 6.20. The number of furan rings is 1. The Bertz CT molecular complexity index is 1430. The average Bonchev–Trinajstić information content (AvgIpc) is 3.38. The van der Waals surface area contributed by atoms with Crippen molar-refractivity contribution in [3.8, 4) is 16.8 Å². The monoisotopic (exact) mass is 450 g/mol. The van der Waals surface area contributed by atoms with Gasteiger partial charge in [-0.3, -0.25) is 4.79 Å². The summed E-state index contributed by atoms with van der Waals surface area (Å²) in [4.78, 5) is 16.9. The number of sulfonamides is 1. The largest absolute Gasteiger partial charge is 0.454 e. The summed E-state index contributed by atoms with van der Waals surface area (Å²) in [7, 11) is -3.83. The molecule has 10 heteroatoms. The van der Waals surface area contributed by atoms with Gasteiger partial charge in [0.1, 0.15) is 17.4 Å². The van der Waals surface area contributed by atoms with Crippen LogP contribution in [-0.4, -0.2) is 19.3 Å². The molecule has 2 aromatic heterocycles. The van der Waals surface area contributed by atoms with E-state index in [1.807, 2.05) is 30.3 Å². The number of aromatic nitrogens is 1. The number of rotatable bonds is 5. The smallest absolute Gasteiger partial charge is 0.266 e. The van der Waals surface area contributed by atoms with E-state index in [0.29, 0.717) is 22.2 Å². The molecular weight excluding hydrogens is 436 g/mol. The van der Waals surface area contributed by atoms with Gasteiger partial charge in [-0.2, -0.15) is 5.26 Å². The van der Waals surface area contributed by atoms with Gasteiger partial charge < -0.3 is 9.73 Å². The zero-order chi connectivity index (χ0) is 22.0. The van der Waals surface area contributed by atoms with E-state index in [-0.39, 0.29) is 10.5 Å². The van der Waals surface area contributed by atoms with Crippen molar-refractivity contribution in [1.29, 1.82) is 5.26 Å². The molecule has 31 heavy (non-hydrogen) atoms. The molecule has 0 fully saturated rings. The number of anilines is 1. The first-order valence-corrected chi connectivity index (χ1v) is 11.2. The zero-order valence-electron chi connectivity index (χ0n) is 15.8. The number of primary sulfonamides is 1. The number of benzene rings is 2. The summed E-state index contributed by atoms with van der Waals surface area (Å²) < 4.78 is 29.4. The van der Waals surface area contributed by atoms with Crippen LogP contribution >= 0.6 is 11.3 Å². The van der Waals surface area contributed by atoms with Crippen molar-refractivity contribution >= 4 is 49.2 Å². The van der Waals surface area contributed by atoms with Crippen LogP contribution in [0.5, 0.6) is 0 Å². The number of fused-ring (bicyclic) bond motifs is 1. The Labute approximate surface area is 181 Å². The summed E-state index contributed by atoms with van der Waals surface area (Å²) in [6.07, 6.45) is 1.32. The number of nitrogens with zero attached hydrogens (tertiary/aromatic N) is 2. The number of hydrogen-bond acceptors (Lipinski definition) is 7. The molecule has 8 nitrogen and oxygen atoms in total. The first-order chi connectivity index (χ1) is 14.8. The van der Waals surface area contributed by atoms with Gasteiger partial charge in [-0.1, -0.05) is 12.1 Å². The molecule has 0 bridgehead atoms. The van der Waals surface area contributed by atoms with Gasteiger partial charge in [-0.05, 0) is 48.5 Å². The van der Waals surface area contributed by atoms with Crippen LogP contribution in [0.3, 0.4) is 0 Å². The van der Waals surface area contributed by atoms with Gasteiger partial charge in [0.15, 0.2) is 10.8 Å². The number of nitriles is 1. The summed E-state index contributed by atoms with van der Waals surface area (Å²) in [5.41, 5.74) is 0.996. The molecular formula is C21H14N4O4S2. The number of carbonyl (C=O) groups is 1. The molecule has 0 spiro atoms. The van der Waals surface area contributed by atoms with E-state index in [1.54, 1.807) is 12.1 Å². The summed E-state index contributed by atoms with van der Waals surface area (Å²) in [6.45, 7) is 0. The number of amides is 1. The minimum absolute atomic E-state index is 0.0838. The van der Waals surface area contributed by atoms with Crippen LogP contribution in [0, 0.1) is 11.3 Å². The molecule has 0 aliphatic carbocycles. The van der Waals surface area contributed by atoms with Gasteiger partial charge in [0, 0.05) is 11.8 Å². The molecule has 0 saturated heterocycles. The normalized spacial score (nSPS) is 11.9. The molecule has 2 aromatic carbocycles. The van der Waals surface area contributed by atoms with Gasteiger partial charge in [-0.25, -0.2) is 18.5 Å². The maximum Gasteiger partial charge on any atom is 0.266 e. The third-order valence-electron chi connectivity index (χ3n) is 4.22. The second kappa shape index (κ2) is 8.16. The van der Waals surface area contributed by atoms with Crippen molar-refractivity contribution < 1.29 is 17.6 Å². The minimum Gasteiger partial charge on any atom is -0.454 e. The first-order valence-electron chi connectivity index (χ1n) is 8.85. The minimum atomic E-state index is -3.83. The predicted octanol–water partition coefficient (Wildman–Crippen LogP) is 3.75. The second-order valence-corrected chi connectivity index (χ2v) is 8.97. The van der Waals surface area contributed by atoms with Crippen molar-refractivity contribution in [3.05, 3.63) is 72.0 Å². The Morgan fingerprint density at radius 1 is 1.13 bits per heavy atom. The number of para-hydroxylation sites is 1. The third kappa shape index (κ3) is 4.54. The standard InChI is InChI=1S/C21H14N4O4S2/c22-12-13(20(26)24-14-5-8-16(9-6-14)31(23,27)28)11-15-7-10-18(29-15)21-25-17-3-1-2-4-19(17)30-21/h1-11H,(H,24,26)(H2,23,27,28). The lowest BCUT2D eigenvalue weighted by Crippen LogP contribution is -2.14. The Morgan fingerprint density at radius 2 is 1.87 bits per heavy atom. The lowest BCUT2D eigenvalue weighted by Gasteiger charge is -2.05. The summed E-state index contributed by atoms with van der Waals surface area (Å²) in [6, 6.07) is 18.2. The summed E-state index contributed by atoms with van der Waals surface area (Å²) in [5.74, 6) is 0.193. The maximum atomic E-state index is 12.4. The highest BCUT2D eigenvalue weighted by Crippen LogP contribution is 2.31. The van der Waals surface area contributed by atoms with E-state index < -0.39 is 15.9 Å². The van der Waals surface area contributed by atoms with E-state index >= 15 is 0 Å². The van der Waals surface area contributed by atoms with E-state index in [4.69, 9.17) is 9.56 Å². The van der Waals surface area contributed by atoms with Crippen LogP contribution in [0.15, 0.2) is 75.5 Å². The van der Waals surface area contributed by atoms with Gasteiger partial charge >= 0.3 is 0 Å². The number of hydrogen-bond donors (Lipinski definition) is 2. The molecule has 0 atom stereocenters. The van der Waals surface area contributed by atoms with Crippen molar-refractivity contribution in [1.82, 2.24) is 4.98 Å². The van der Waals surface area contributed by atoms with Crippen LogP contribution < -0.4 is 10.5 Å². The lowest BCUT2D eigenvalue weighted by molar-refractivity contribution is -0.112. The second-order valence-electron chi connectivity index (χ2n) is 6.38. The molecule has 0 saturated carbocycles. The number of carbonyl (C=O) groups excluding carboxylic acids is 1. The number of nitrogens with two attached hydrogens (primary N) is 1. The summed E-state index contributed by atoms with van der Waals surface area (Å²) in [5, 5.41) is 17.7. The van der Waals surface area contributed by atoms with E-state index in [2.05, 4.69) is 10.3 Å². The molecule has 0 aliphatic heterocycles. The van der Waals surface area contributed by atoms with Crippen molar-refractivity contribution in [2.45, 2.75) is 4.90 Å². The highest BCUT2D eigenvalue weighted by Gasteiger charge is 2.14. The van der Waals surface area contributed by atoms with E-state index in [1.165, 1.54) is 41.7 Å². The SMILES string of the molecule is N#CC(=Cc1ccc(-c2nc3ccccc3s2)o1)C(=O)Nc1ccc(S(N)(=O)=O)cc1. The molecule has 0 unspecified atom stereocenters. The predicted molar refractivity (Wildman–Crippen MR) is 117 cm³/mol. The fourth-order valence-corrected chi connectivity index (χ4v) is 4.18. The van der Waals surface area contributed by atoms with Crippen LogP contribution in [0.25, 0.3) is 27.1 Å². The molecule has 4 rings (SSSR count). The van der Waals surface area contributed by atoms with E-state index in [9.17, 15) is 18.5 Å². The highest BCUT2D eigenvalue weighted by atomic mass is 32.2. The van der Waals surface area contributed by atoms with Gasteiger partial charge in [0.05, 0.1) is 15.1 Å². The van der Waals surface area contributed by atoms with Crippen LogP contribution in [0.4, 0.5) is 5.69 Å². The molecule has 154 valence electrons. The topological polar surface area (TPSA) is 139 Å². The van der Waals surface area contributed by atoms with Crippen molar-refractivity contribution in [3.63, 3.8) is 0 Å². The molecule has 0 aliphatic rings. The van der Waals surface area contributed by atoms with Crippen LogP contribution in [-0.2, 0) is 14.8 Å². The number of nitrogens with one attached hydrogen (secondary N) is 1. The van der Waals surface area contributed by atoms with Gasteiger partial charge in [0.25, 0.3) is 5.91 Å². The van der Waals surface area contributed by atoms with Crippen molar-refractivity contribution in [2.75, 3.05) is 5.32 Å². The Hall–Kier alpha value is -3.78. The molecule has 2 heterocycles. The summed E-state index contributed by atoms with van der Waals surface area (Å²) >= 11 is 1.48. The fourth-order valence-electron chi connectivity index (χ4n) is 2.74. The Morgan fingerprint density at radius 3 is 2.55 bits per heavy atom. The van der Waals surface area contributed by atoms with Crippen LogP contribution in [0.2, 0.25) is 0 Å². The molecule has 3 N–H and O–H groups in total. The molecule has 1 amide bonds. The highest BCUT2D eigenvalue weighted by molar-refractivity contribution is 7.89. The Kier molecular flexibility index (Phi) is 5.39. The van der Waals surface area contributed by atoms with Gasteiger partial charge in [0.2, 0.25) is 10.0 Å². The van der Waals surface area contributed by atoms with Crippen molar-refractivity contribution in [2.24, 2.45) is 5.14 Å². The Balaban J connectivity index is 1.53. The van der Waals surface area contributed by atoms with E-state index in [0.717, 1.165) is 10.2 Å². The van der Waals surface area contributed by atoms with Crippen LogP contribution in [0.1, 0.15) is 5.76 Å². The van der Waals surface area contributed by atoms with Gasteiger partial charge in [-0.15, -0.1) is 11.3 Å². The molecule has 4 aromatic rings. The fraction of sp³-hybridized carbons (Fsp3) is 0. The molecule has 0 radical (unpaired) electrons. The zero-order valence-corrected chi connectivity index (χ0v) is 17.4. The quantitative estimate of drug-likeness (QED) is 0.351. The lowest BCUT2D eigenvalue weighted by atomic mass is 10.2. The first kappa shape index (κ1) is 20.5. The number of thiazole rings is 1. The average molecular weight is 451 g/mol.